The second-order valence-electron chi connectivity index (χ2n) is 5.08. The van der Waals surface area contributed by atoms with E-state index < -0.39 is 0 Å². The van der Waals surface area contributed by atoms with Gasteiger partial charge in [0.25, 0.3) is 0 Å². The first-order valence-corrected chi connectivity index (χ1v) is 5.90. The number of benzene rings is 1. The van der Waals surface area contributed by atoms with Gasteiger partial charge in [-0.15, -0.1) is 0 Å². The Labute approximate surface area is 97.0 Å². The lowest BCUT2D eigenvalue weighted by molar-refractivity contribution is 0.861. The second kappa shape index (κ2) is 3.85. The molecule has 0 aliphatic carbocycles. The second-order valence-corrected chi connectivity index (χ2v) is 5.08. The number of nitrogen functional groups attached to an aromatic ring is 1. The van der Waals surface area contributed by atoms with Crippen LogP contribution in [0.1, 0.15) is 50.7 Å². The molecule has 16 heavy (non-hydrogen) atoms. The zero-order chi connectivity index (χ0) is 11.9. The maximum absolute atomic E-state index is 5.96. The highest BCUT2D eigenvalue weighted by Gasteiger charge is 2.11. The van der Waals surface area contributed by atoms with Crippen molar-refractivity contribution in [1.29, 1.82) is 0 Å². The average Bonchev–Trinajstić information content (AvgIpc) is 2.56. The predicted octanol–water partition coefficient (Wildman–Crippen LogP) is 3.60. The van der Waals surface area contributed by atoms with E-state index in [0.29, 0.717) is 11.8 Å². The molecule has 2 N–H and O–H groups in total. The van der Waals surface area contributed by atoms with Crippen molar-refractivity contribution in [3.05, 3.63) is 35.5 Å². The van der Waals surface area contributed by atoms with Gasteiger partial charge in [-0.1, -0.05) is 33.8 Å². The molecule has 0 aliphatic rings. The summed E-state index contributed by atoms with van der Waals surface area (Å²) in [5, 5.41) is 1.30. The number of aromatic nitrogens is 1. The van der Waals surface area contributed by atoms with Crippen molar-refractivity contribution in [2.24, 2.45) is 0 Å². The van der Waals surface area contributed by atoms with Crippen molar-refractivity contribution in [2.45, 2.75) is 39.5 Å². The quantitative estimate of drug-likeness (QED) is 0.764. The Bertz CT molecular complexity index is 507. The molecule has 0 radical (unpaired) electrons. The third-order valence-corrected chi connectivity index (χ3v) is 3.18. The largest absolute Gasteiger partial charge is 0.339 e. The maximum atomic E-state index is 5.96. The number of nitrogens with two attached hydrogens (primary N) is 1. The Morgan fingerprint density at radius 1 is 1.06 bits per heavy atom. The van der Waals surface area contributed by atoms with Crippen molar-refractivity contribution < 1.29 is 0 Å². The Morgan fingerprint density at radius 2 is 1.75 bits per heavy atom. The molecule has 1 aromatic heterocycles. The highest BCUT2D eigenvalue weighted by atomic mass is 15.3. The third kappa shape index (κ3) is 1.69. The van der Waals surface area contributed by atoms with E-state index in [2.05, 4.69) is 45.9 Å². The molecule has 2 nitrogen and oxygen atoms in total. The van der Waals surface area contributed by atoms with Gasteiger partial charge in [0.1, 0.15) is 0 Å². The molecule has 2 heteroatoms. The van der Waals surface area contributed by atoms with Crippen LogP contribution < -0.4 is 5.84 Å². The summed E-state index contributed by atoms with van der Waals surface area (Å²) in [7, 11) is 0. The fraction of sp³-hybridized carbons (Fsp3) is 0.429. The van der Waals surface area contributed by atoms with E-state index in [1.165, 1.54) is 16.5 Å². The molecular formula is C14H20N2. The lowest BCUT2D eigenvalue weighted by atomic mass is 9.97. The normalized spacial score (nSPS) is 11.9. The van der Waals surface area contributed by atoms with Crippen LogP contribution in [0.4, 0.5) is 0 Å². The van der Waals surface area contributed by atoms with Gasteiger partial charge in [0.15, 0.2) is 0 Å². The summed E-state index contributed by atoms with van der Waals surface area (Å²) in [5.41, 5.74) is 3.83. The van der Waals surface area contributed by atoms with Crippen molar-refractivity contribution in [3.8, 4) is 0 Å². The molecule has 0 saturated carbocycles. The van der Waals surface area contributed by atoms with E-state index in [0.717, 1.165) is 5.52 Å². The van der Waals surface area contributed by atoms with E-state index in [-0.39, 0.29) is 0 Å². The first-order valence-electron chi connectivity index (χ1n) is 5.90. The minimum Gasteiger partial charge on any atom is -0.339 e. The Hall–Kier alpha value is -1.44. The molecule has 0 unspecified atom stereocenters. The Balaban J connectivity index is 2.69. The van der Waals surface area contributed by atoms with Gasteiger partial charge < -0.3 is 5.84 Å². The predicted molar refractivity (Wildman–Crippen MR) is 70.3 cm³/mol. The highest BCUT2D eigenvalue weighted by Crippen LogP contribution is 2.29. The first-order chi connectivity index (χ1) is 7.50. The van der Waals surface area contributed by atoms with Crippen LogP contribution in [0, 0.1) is 0 Å². The van der Waals surface area contributed by atoms with Crippen LogP contribution in [0.5, 0.6) is 0 Å². The summed E-state index contributed by atoms with van der Waals surface area (Å²) in [6, 6.07) is 6.57. The van der Waals surface area contributed by atoms with E-state index in [4.69, 9.17) is 5.84 Å². The molecule has 0 fully saturated rings. The topological polar surface area (TPSA) is 30.9 Å². The number of rotatable bonds is 2. The molecular weight excluding hydrogens is 196 g/mol. The van der Waals surface area contributed by atoms with Crippen LogP contribution >= 0.6 is 0 Å². The summed E-state index contributed by atoms with van der Waals surface area (Å²) < 4.78 is 1.73. The van der Waals surface area contributed by atoms with Crippen LogP contribution in [-0.2, 0) is 0 Å². The molecule has 0 bridgehead atoms. The van der Waals surface area contributed by atoms with Gasteiger partial charge in [-0.3, -0.25) is 4.68 Å². The number of fused-ring (bicyclic) bond motifs is 1. The molecule has 2 rings (SSSR count). The van der Waals surface area contributed by atoms with Crippen molar-refractivity contribution >= 4 is 10.9 Å². The molecule has 2 aromatic rings. The van der Waals surface area contributed by atoms with E-state index >= 15 is 0 Å². The summed E-state index contributed by atoms with van der Waals surface area (Å²) in [5.74, 6) is 7.03. The summed E-state index contributed by atoms with van der Waals surface area (Å²) in [4.78, 5) is 0. The highest BCUT2D eigenvalue weighted by molar-refractivity contribution is 5.85. The lowest BCUT2D eigenvalue weighted by Crippen LogP contribution is -2.05. The molecule has 1 aromatic carbocycles. The molecule has 0 amide bonds. The molecule has 0 aliphatic heterocycles. The van der Waals surface area contributed by atoms with Crippen molar-refractivity contribution in [2.75, 3.05) is 5.84 Å². The summed E-state index contributed by atoms with van der Waals surface area (Å²) in [6.45, 7) is 8.85. The van der Waals surface area contributed by atoms with E-state index in [1.54, 1.807) is 4.68 Å². The zero-order valence-corrected chi connectivity index (χ0v) is 10.5. The number of hydrogen-bond donors (Lipinski definition) is 1. The first kappa shape index (κ1) is 11.1. The minimum atomic E-state index is 0.509. The van der Waals surface area contributed by atoms with Crippen LogP contribution in [0.3, 0.4) is 0 Å². The Kier molecular flexibility index (Phi) is 2.66. The van der Waals surface area contributed by atoms with Gasteiger partial charge in [0, 0.05) is 11.6 Å². The van der Waals surface area contributed by atoms with Crippen molar-refractivity contribution in [3.63, 3.8) is 0 Å². The van der Waals surface area contributed by atoms with E-state index in [9.17, 15) is 0 Å². The Morgan fingerprint density at radius 3 is 2.31 bits per heavy atom. The van der Waals surface area contributed by atoms with Crippen molar-refractivity contribution in [1.82, 2.24) is 4.68 Å². The van der Waals surface area contributed by atoms with Gasteiger partial charge in [-0.25, -0.2) is 0 Å². The van der Waals surface area contributed by atoms with Gasteiger partial charge in [0.05, 0.1) is 5.52 Å². The molecule has 1 heterocycles. The molecule has 0 spiro atoms. The van der Waals surface area contributed by atoms with E-state index in [1.807, 2.05) is 6.20 Å². The summed E-state index contributed by atoms with van der Waals surface area (Å²) in [6.07, 6.45) is 2.04. The molecule has 0 saturated heterocycles. The van der Waals surface area contributed by atoms with Gasteiger partial charge in [0.2, 0.25) is 0 Å². The fourth-order valence-corrected chi connectivity index (χ4v) is 2.12. The third-order valence-electron chi connectivity index (χ3n) is 3.18. The SMILES string of the molecule is CC(C)c1ccc2c(c1)c(C(C)C)cn2N. The zero-order valence-electron chi connectivity index (χ0n) is 10.5. The van der Waals surface area contributed by atoms with Gasteiger partial charge >= 0.3 is 0 Å². The monoisotopic (exact) mass is 216 g/mol. The molecule has 0 atom stereocenters. The lowest BCUT2D eigenvalue weighted by Gasteiger charge is -2.07. The average molecular weight is 216 g/mol. The van der Waals surface area contributed by atoms with Gasteiger partial charge in [-0.2, -0.15) is 0 Å². The van der Waals surface area contributed by atoms with Gasteiger partial charge in [-0.05, 0) is 35.1 Å². The van der Waals surface area contributed by atoms with Crippen LogP contribution in [0.25, 0.3) is 10.9 Å². The molecule has 86 valence electrons. The van der Waals surface area contributed by atoms with Crippen LogP contribution in [0.2, 0.25) is 0 Å². The number of hydrogen-bond acceptors (Lipinski definition) is 1. The van der Waals surface area contributed by atoms with Crippen LogP contribution in [0.15, 0.2) is 24.4 Å². The van der Waals surface area contributed by atoms with Crippen LogP contribution in [-0.4, -0.2) is 4.68 Å². The smallest absolute Gasteiger partial charge is 0.0693 e. The maximum Gasteiger partial charge on any atom is 0.0693 e. The number of nitrogens with zero attached hydrogens (tertiary/aromatic N) is 1. The minimum absolute atomic E-state index is 0.509. The summed E-state index contributed by atoms with van der Waals surface area (Å²) >= 11 is 0. The standard InChI is InChI=1S/C14H20N2/c1-9(2)11-5-6-14-12(7-11)13(10(3)4)8-16(14)15/h5-10H,15H2,1-4H3. The fourth-order valence-electron chi connectivity index (χ4n) is 2.12.